The summed E-state index contributed by atoms with van der Waals surface area (Å²) in [5.41, 5.74) is 4.69. The number of aliphatic hydroxyl groups is 1. The average Bonchev–Trinajstić information content (AvgIpc) is 3.13. The van der Waals surface area contributed by atoms with E-state index in [-0.39, 0.29) is 28.3 Å². The van der Waals surface area contributed by atoms with Crippen LogP contribution in [0.3, 0.4) is 0 Å². The zero-order valence-corrected chi connectivity index (χ0v) is 25.1. The van der Waals surface area contributed by atoms with Crippen LogP contribution < -0.4 is 9.64 Å². The second-order valence-corrected chi connectivity index (χ2v) is 13.0. The van der Waals surface area contributed by atoms with Gasteiger partial charge in [-0.3, -0.25) is 14.5 Å². The number of aryl methyl sites for hydroxylation is 1. The van der Waals surface area contributed by atoms with Gasteiger partial charge in [0.25, 0.3) is 11.7 Å². The van der Waals surface area contributed by atoms with Crippen molar-refractivity contribution in [1.82, 2.24) is 0 Å². The Morgan fingerprint density at radius 3 is 1.90 bits per heavy atom. The number of ketones is 1. The first-order chi connectivity index (χ1) is 18.6. The second kappa shape index (κ2) is 10.6. The van der Waals surface area contributed by atoms with Crippen molar-refractivity contribution in [3.63, 3.8) is 0 Å². The third-order valence-electron chi connectivity index (χ3n) is 7.38. The minimum absolute atomic E-state index is 0.0101. The molecule has 3 aromatic rings. The van der Waals surface area contributed by atoms with E-state index < -0.39 is 17.7 Å². The number of anilines is 1. The minimum atomic E-state index is -0.800. The maximum Gasteiger partial charge on any atom is 0.300 e. The smallest absolute Gasteiger partial charge is 0.300 e. The summed E-state index contributed by atoms with van der Waals surface area (Å²) in [5, 5.41) is 11.8. The summed E-state index contributed by atoms with van der Waals surface area (Å²) < 4.78 is 5.83. The molecule has 0 aromatic heterocycles. The maximum atomic E-state index is 13.7. The lowest BCUT2D eigenvalue weighted by molar-refractivity contribution is -0.132. The van der Waals surface area contributed by atoms with Crippen molar-refractivity contribution >= 4 is 23.1 Å². The predicted molar refractivity (Wildman–Crippen MR) is 162 cm³/mol. The van der Waals surface area contributed by atoms with Gasteiger partial charge in [-0.15, -0.1) is 0 Å². The fourth-order valence-corrected chi connectivity index (χ4v) is 5.03. The third-order valence-corrected chi connectivity index (χ3v) is 7.38. The highest BCUT2D eigenvalue weighted by atomic mass is 16.5. The monoisotopic (exact) mass is 539 g/mol. The zero-order chi connectivity index (χ0) is 29.6. The lowest BCUT2D eigenvalue weighted by atomic mass is 9.84. The number of rotatable bonds is 5. The molecule has 0 radical (unpaired) electrons. The Morgan fingerprint density at radius 1 is 0.825 bits per heavy atom. The van der Waals surface area contributed by atoms with Gasteiger partial charge in [0.2, 0.25) is 0 Å². The van der Waals surface area contributed by atoms with Crippen LogP contribution in [0.15, 0.2) is 72.3 Å². The zero-order valence-electron chi connectivity index (χ0n) is 25.1. The SMILES string of the molecule is Cc1ccc(C(C)(C)C)cc1/C(O)=C1\C(=O)C(=O)N(c2ccc(C(C)(C)C)cc2)C1c1ccc(OC(C)C)cc1. The Kier molecular flexibility index (Phi) is 7.72. The van der Waals surface area contributed by atoms with Crippen LogP contribution in [0.25, 0.3) is 5.76 Å². The van der Waals surface area contributed by atoms with Gasteiger partial charge in [0.15, 0.2) is 0 Å². The quantitative estimate of drug-likeness (QED) is 0.203. The highest BCUT2D eigenvalue weighted by Crippen LogP contribution is 2.43. The van der Waals surface area contributed by atoms with E-state index in [0.29, 0.717) is 22.6 Å². The Balaban J connectivity index is 1.92. The van der Waals surface area contributed by atoms with E-state index >= 15 is 0 Å². The molecule has 1 saturated heterocycles. The Morgan fingerprint density at radius 2 is 1.38 bits per heavy atom. The summed E-state index contributed by atoms with van der Waals surface area (Å²) in [6.45, 7) is 18.5. The highest BCUT2D eigenvalue weighted by molar-refractivity contribution is 6.51. The number of aliphatic hydroxyl groups excluding tert-OH is 1. The standard InChI is InChI=1S/C35H41NO4/c1-21(2)40-27-18-11-23(12-19-27)30-29(31(37)28-20-25(35(7,8)9)13-10-22(28)3)32(38)33(39)36(30)26-16-14-24(15-17-26)34(4,5)6/h10-21,30,37H,1-9H3/b31-29+. The summed E-state index contributed by atoms with van der Waals surface area (Å²) in [6, 6.07) is 20.2. The Labute approximate surface area is 238 Å². The molecule has 1 aliphatic heterocycles. The summed E-state index contributed by atoms with van der Waals surface area (Å²) in [7, 11) is 0. The fraction of sp³-hybridized carbons (Fsp3) is 0.371. The summed E-state index contributed by atoms with van der Waals surface area (Å²) in [4.78, 5) is 28.8. The van der Waals surface area contributed by atoms with Crippen molar-refractivity contribution in [3.05, 3.63) is 100 Å². The van der Waals surface area contributed by atoms with Crippen LogP contribution in [0.2, 0.25) is 0 Å². The van der Waals surface area contributed by atoms with Gasteiger partial charge in [-0.25, -0.2) is 0 Å². The molecule has 40 heavy (non-hydrogen) atoms. The molecule has 4 rings (SSSR count). The lowest BCUT2D eigenvalue weighted by Crippen LogP contribution is -2.29. The van der Waals surface area contributed by atoms with Crippen molar-refractivity contribution in [2.75, 3.05) is 4.90 Å². The van der Waals surface area contributed by atoms with Crippen LogP contribution >= 0.6 is 0 Å². The number of hydrogen-bond acceptors (Lipinski definition) is 4. The topological polar surface area (TPSA) is 66.8 Å². The van der Waals surface area contributed by atoms with E-state index in [1.807, 2.05) is 87.5 Å². The van der Waals surface area contributed by atoms with Crippen LogP contribution in [-0.4, -0.2) is 22.9 Å². The molecule has 3 aromatic carbocycles. The number of Topliss-reactive ketones (excluding diaryl/α,β-unsaturated/α-hetero) is 1. The number of carbonyl (C=O) groups excluding carboxylic acids is 2. The van der Waals surface area contributed by atoms with Gasteiger partial charge in [-0.05, 0) is 84.2 Å². The average molecular weight is 540 g/mol. The van der Waals surface area contributed by atoms with E-state index in [1.165, 1.54) is 4.90 Å². The molecule has 1 unspecified atom stereocenters. The third kappa shape index (κ3) is 5.70. The summed E-state index contributed by atoms with van der Waals surface area (Å²) >= 11 is 0. The van der Waals surface area contributed by atoms with E-state index in [9.17, 15) is 14.7 Å². The van der Waals surface area contributed by atoms with Gasteiger partial charge in [0.1, 0.15) is 11.5 Å². The molecule has 0 aliphatic carbocycles. The van der Waals surface area contributed by atoms with Gasteiger partial charge in [0, 0.05) is 11.3 Å². The van der Waals surface area contributed by atoms with Crippen molar-refractivity contribution in [3.8, 4) is 5.75 Å². The molecule has 0 saturated carbocycles. The molecule has 0 spiro atoms. The normalized spacial score (nSPS) is 17.6. The fourth-order valence-electron chi connectivity index (χ4n) is 5.03. The van der Waals surface area contributed by atoms with Crippen LogP contribution in [0.1, 0.15) is 89.2 Å². The van der Waals surface area contributed by atoms with Crippen LogP contribution in [0.4, 0.5) is 5.69 Å². The van der Waals surface area contributed by atoms with Crippen LogP contribution in [0.5, 0.6) is 5.75 Å². The van der Waals surface area contributed by atoms with E-state index in [2.05, 4.69) is 41.5 Å². The number of carbonyl (C=O) groups is 2. The number of hydrogen-bond donors (Lipinski definition) is 1. The number of benzene rings is 3. The highest BCUT2D eigenvalue weighted by Gasteiger charge is 2.47. The summed E-state index contributed by atoms with van der Waals surface area (Å²) in [6.07, 6.45) is 0.0101. The Bertz CT molecular complexity index is 1450. The van der Waals surface area contributed by atoms with Gasteiger partial charge >= 0.3 is 0 Å². The van der Waals surface area contributed by atoms with Gasteiger partial charge < -0.3 is 9.84 Å². The Hall–Kier alpha value is -3.86. The first kappa shape index (κ1) is 29.1. The maximum absolute atomic E-state index is 13.7. The molecule has 1 amide bonds. The number of ether oxygens (including phenoxy) is 1. The van der Waals surface area contributed by atoms with E-state index in [4.69, 9.17) is 4.74 Å². The molecule has 5 nitrogen and oxygen atoms in total. The molecule has 1 heterocycles. The molecule has 210 valence electrons. The second-order valence-electron chi connectivity index (χ2n) is 13.0. The van der Waals surface area contributed by atoms with Gasteiger partial charge in [-0.1, -0.05) is 77.9 Å². The molecule has 1 fully saturated rings. The molecule has 0 bridgehead atoms. The van der Waals surface area contributed by atoms with Crippen molar-refractivity contribution in [2.24, 2.45) is 0 Å². The lowest BCUT2D eigenvalue weighted by Gasteiger charge is -2.27. The van der Waals surface area contributed by atoms with Crippen LogP contribution in [-0.2, 0) is 20.4 Å². The summed E-state index contributed by atoms with van der Waals surface area (Å²) in [5.74, 6) is -0.838. The first-order valence-electron chi connectivity index (χ1n) is 13.9. The first-order valence-corrected chi connectivity index (χ1v) is 13.9. The predicted octanol–water partition coefficient (Wildman–Crippen LogP) is 8.00. The van der Waals surface area contributed by atoms with Crippen molar-refractivity contribution in [2.45, 2.75) is 85.3 Å². The van der Waals surface area contributed by atoms with Crippen LogP contribution in [0, 0.1) is 6.92 Å². The molecule has 1 N–H and O–H groups in total. The van der Waals surface area contributed by atoms with Crippen molar-refractivity contribution in [1.29, 1.82) is 0 Å². The van der Waals surface area contributed by atoms with Crippen molar-refractivity contribution < 1.29 is 19.4 Å². The molecule has 5 heteroatoms. The molecular formula is C35H41NO4. The molecular weight excluding hydrogens is 498 g/mol. The molecule has 1 atom stereocenters. The van der Waals surface area contributed by atoms with E-state index in [1.54, 1.807) is 0 Å². The van der Waals surface area contributed by atoms with E-state index in [0.717, 1.165) is 16.7 Å². The van der Waals surface area contributed by atoms with Gasteiger partial charge in [0.05, 0.1) is 17.7 Å². The largest absolute Gasteiger partial charge is 0.507 e. The minimum Gasteiger partial charge on any atom is -0.507 e. The van der Waals surface area contributed by atoms with Gasteiger partial charge in [-0.2, -0.15) is 0 Å². The molecule has 1 aliphatic rings. The number of amides is 1. The number of nitrogens with zero attached hydrogens (tertiary/aromatic N) is 1.